The minimum atomic E-state index is -3.55. The van der Waals surface area contributed by atoms with Crippen molar-refractivity contribution in [2.75, 3.05) is 36.5 Å². The van der Waals surface area contributed by atoms with E-state index in [1.165, 1.54) is 32.1 Å². The lowest BCUT2D eigenvalue weighted by Gasteiger charge is -2.23. The Morgan fingerprint density at radius 1 is 1.23 bits per heavy atom. The van der Waals surface area contributed by atoms with Crippen molar-refractivity contribution < 1.29 is 17.9 Å². The molecule has 1 aromatic carbocycles. The maximum atomic E-state index is 12.2. The number of carbonyl (C=O) groups excluding carboxylic acids is 1. The molecule has 6 nitrogen and oxygen atoms in total. The number of carbonyl (C=O) groups is 1. The lowest BCUT2D eigenvalue weighted by molar-refractivity contribution is -0.119. The summed E-state index contributed by atoms with van der Waals surface area (Å²) >= 11 is 1.90. The van der Waals surface area contributed by atoms with Gasteiger partial charge in [-0.25, -0.2) is 8.42 Å². The second-order valence-corrected chi connectivity index (χ2v) is 9.76. The fourth-order valence-electron chi connectivity index (χ4n) is 2.98. The maximum absolute atomic E-state index is 12.2. The van der Waals surface area contributed by atoms with Crippen LogP contribution in [-0.2, 0) is 14.8 Å². The number of hydrogen-bond donors (Lipinski definition) is 1. The topological polar surface area (TPSA) is 75.7 Å². The van der Waals surface area contributed by atoms with Gasteiger partial charge >= 0.3 is 0 Å². The Kier molecular flexibility index (Phi) is 8.09. The number of amides is 1. The Labute approximate surface area is 160 Å². The standard InChI is InChI=1S/C18H28N2O4S2/c1-24-16-10-8-15(9-11-16)20(26(2,22)23)14-18(21)19-12-13-25-17-6-4-3-5-7-17/h8-11,17H,3-7,12-14H2,1-2H3,(H,19,21). The fraction of sp³-hybridized carbons (Fsp3) is 0.611. The predicted molar refractivity (Wildman–Crippen MR) is 108 cm³/mol. The summed E-state index contributed by atoms with van der Waals surface area (Å²) in [5.74, 6) is 1.19. The third-order valence-corrected chi connectivity index (χ3v) is 6.90. The number of thioether (sulfide) groups is 1. The van der Waals surface area contributed by atoms with E-state index < -0.39 is 10.0 Å². The summed E-state index contributed by atoms with van der Waals surface area (Å²) in [6.45, 7) is 0.333. The van der Waals surface area contributed by atoms with Gasteiger partial charge in [0.1, 0.15) is 12.3 Å². The van der Waals surface area contributed by atoms with Crippen LogP contribution < -0.4 is 14.4 Å². The first kappa shape index (κ1) is 20.9. The van der Waals surface area contributed by atoms with E-state index in [2.05, 4.69) is 5.32 Å². The molecule has 0 atom stereocenters. The van der Waals surface area contributed by atoms with Crippen LogP contribution in [-0.4, -0.2) is 51.8 Å². The van der Waals surface area contributed by atoms with Gasteiger partial charge in [0.25, 0.3) is 0 Å². The van der Waals surface area contributed by atoms with Crippen LogP contribution in [0.1, 0.15) is 32.1 Å². The lowest BCUT2D eigenvalue weighted by atomic mass is 10.0. The number of benzene rings is 1. The summed E-state index contributed by atoms with van der Waals surface area (Å²) in [6, 6.07) is 6.61. The van der Waals surface area contributed by atoms with Crippen molar-refractivity contribution in [3.63, 3.8) is 0 Å². The lowest BCUT2D eigenvalue weighted by Crippen LogP contribution is -2.41. The van der Waals surface area contributed by atoms with Crippen molar-refractivity contribution in [2.24, 2.45) is 0 Å². The van der Waals surface area contributed by atoms with Crippen molar-refractivity contribution in [2.45, 2.75) is 37.4 Å². The van der Waals surface area contributed by atoms with Crippen LogP contribution >= 0.6 is 11.8 Å². The van der Waals surface area contributed by atoms with Crippen molar-refractivity contribution in [3.8, 4) is 5.75 Å². The normalized spacial score (nSPS) is 15.5. The average molecular weight is 401 g/mol. The van der Waals surface area contributed by atoms with E-state index in [1.807, 2.05) is 11.8 Å². The number of rotatable bonds is 9. The highest BCUT2D eigenvalue weighted by atomic mass is 32.2. The van der Waals surface area contributed by atoms with Crippen LogP contribution in [0.2, 0.25) is 0 Å². The first-order chi connectivity index (χ1) is 12.4. The molecule has 0 saturated heterocycles. The minimum Gasteiger partial charge on any atom is -0.497 e. The third kappa shape index (κ3) is 6.72. The summed E-state index contributed by atoms with van der Waals surface area (Å²) in [5, 5.41) is 3.53. The Balaban J connectivity index is 1.84. The van der Waals surface area contributed by atoms with Crippen LogP contribution in [0.4, 0.5) is 5.69 Å². The summed E-state index contributed by atoms with van der Waals surface area (Å²) in [4.78, 5) is 12.2. The van der Waals surface area contributed by atoms with E-state index in [1.54, 1.807) is 31.4 Å². The third-order valence-electron chi connectivity index (χ3n) is 4.38. The van der Waals surface area contributed by atoms with Gasteiger partial charge in [0.15, 0.2) is 0 Å². The molecule has 1 aromatic rings. The average Bonchev–Trinajstić information content (AvgIpc) is 2.63. The molecule has 0 heterocycles. The highest BCUT2D eigenvalue weighted by Gasteiger charge is 2.21. The highest BCUT2D eigenvalue weighted by Crippen LogP contribution is 2.27. The Bertz CT molecular complexity index is 671. The van der Waals surface area contributed by atoms with Gasteiger partial charge in [-0.05, 0) is 37.1 Å². The summed E-state index contributed by atoms with van der Waals surface area (Å²) in [6.07, 6.45) is 7.56. The molecule has 2 rings (SSSR count). The summed E-state index contributed by atoms with van der Waals surface area (Å²) in [5.41, 5.74) is 0.444. The van der Waals surface area contributed by atoms with Gasteiger partial charge in [-0.3, -0.25) is 9.10 Å². The number of anilines is 1. The number of sulfonamides is 1. The van der Waals surface area contributed by atoms with Gasteiger partial charge in [-0.1, -0.05) is 19.3 Å². The van der Waals surface area contributed by atoms with Gasteiger partial charge < -0.3 is 10.1 Å². The minimum absolute atomic E-state index is 0.223. The number of methoxy groups -OCH3 is 1. The number of nitrogens with zero attached hydrogens (tertiary/aromatic N) is 1. The Morgan fingerprint density at radius 2 is 1.88 bits per heavy atom. The molecule has 1 amide bonds. The maximum Gasteiger partial charge on any atom is 0.240 e. The van der Waals surface area contributed by atoms with Crippen LogP contribution in [0.5, 0.6) is 5.75 Å². The van der Waals surface area contributed by atoms with Crippen molar-refractivity contribution in [1.82, 2.24) is 5.32 Å². The second-order valence-electron chi connectivity index (χ2n) is 6.45. The number of hydrogen-bond acceptors (Lipinski definition) is 5. The highest BCUT2D eigenvalue weighted by molar-refractivity contribution is 7.99. The van der Waals surface area contributed by atoms with Crippen molar-refractivity contribution in [3.05, 3.63) is 24.3 Å². The number of nitrogens with one attached hydrogen (secondary N) is 1. The molecule has 0 unspecified atom stereocenters. The zero-order valence-corrected chi connectivity index (χ0v) is 17.1. The molecular weight excluding hydrogens is 372 g/mol. The molecule has 0 bridgehead atoms. The van der Waals surface area contributed by atoms with Crippen LogP contribution in [0.3, 0.4) is 0 Å². The molecule has 1 aliphatic rings. The molecule has 1 saturated carbocycles. The molecule has 8 heteroatoms. The largest absolute Gasteiger partial charge is 0.497 e. The SMILES string of the molecule is COc1ccc(N(CC(=O)NCCSC2CCCCC2)S(C)(=O)=O)cc1. The Hall–Kier alpha value is -1.41. The summed E-state index contributed by atoms with van der Waals surface area (Å²) < 4.78 is 30.3. The zero-order valence-electron chi connectivity index (χ0n) is 15.4. The molecule has 0 spiro atoms. The van der Waals surface area contributed by atoms with Gasteiger partial charge in [-0.15, -0.1) is 0 Å². The summed E-state index contributed by atoms with van der Waals surface area (Å²) in [7, 11) is -2.01. The van der Waals surface area contributed by atoms with E-state index in [-0.39, 0.29) is 12.5 Å². The molecule has 0 aliphatic heterocycles. The monoisotopic (exact) mass is 400 g/mol. The molecular formula is C18H28N2O4S2. The fourth-order valence-corrected chi connectivity index (χ4v) is 5.06. The smallest absolute Gasteiger partial charge is 0.240 e. The van der Waals surface area contributed by atoms with Crippen LogP contribution in [0.25, 0.3) is 0 Å². The van der Waals surface area contributed by atoms with E-state index in [0.717, 1.165) is 16.3 Å². The van der Waals surface area contributed by atoms with Crippen molar-refractivity contribution >= 4 is 33.4 Å². The first-order valence-electron chi connectivity index (χ1n) is 8.90. The Morgan fingerprint density at radius 3 is 2.46 bits per heavy atom. The quantitative estimate of drug-likeness (QED) is 0.645. The first-order valence-corrected chi connectivity index (χ1v) is 11.8. The zero-order chi connectivity index (χ0) is 19.0. The van der Waals surface area contributed by atoms with Gasteiger partial charge in [0.05, 0.1) is 19.1 Å². The molecule has 1 aliphatic carbocycles. The number of ether oxygens (including phenoxy) is 1. The van der Waals surface area contributed by atoms with Crippen LogP contribution in [0.15, 0.2) is 24.3 Å². The molecule has 0 aromatic heterocycles. The van der Waals surface area contributed by atoms with E-state index in [0.29, 0.717) is 23.2 Å². The van der Waals surface area contributed by atoms with Crippen molar-refractivity contribution in [1.29, 1.82) is 0 Å². The molecule has 146 valence electrons. The van der Waals surface area contributed by atoms with E-state index in [9.17, 15) is 13.2 Å². The van der Waals surface area contributed by atoms with E-state index >= 15 is 0 Å². The van der Waals surface area contributed by atoms with E-state index in [4.69, 9.17) is 4.74 Å². The van der Waals surface area contributed by atoms with Gasteiger partial charge in [0.2, 0.25) is 15.9 Å². The predicted octanol–water partition coefficient (Wildman–Crippen LogP) is 2.64. The van der Waals surface area contributed by atoms with Crippen LogP contribution in [0, 0.1) is 0 Å². The van der Waals surface area contributed by atoms with Gasteiger partial charge in [0, 0.05) is 17.5 Å². The second kappa shape index (κ2) is 10.1. The molecule has 0 radical (unpaired) electrons. The van der Waals surface area contributed by atoms with Gasteiger partial charge in [-0.2, -0.15) is 11.8 Å². The molecule has 1 fully saturated rings. The molecule has 26 heavy (non-hydrogen) atoms. The molecule has 1 N–H and O–H groups in total.